The smallest absolute Gasteiger partial charge is 0.284 e. The first kappa shape index (κ1) is 21.2. The van der Waals surface area contributed by atoms with Crippen LogP contribution in [-0.4, -0.2) is 32.9 Å². The average Bonchev–Trinajstić information content (AvgIpc) is 2.76. The zero-order valence-corrected chi connectivity index (χ0v) is 17.3. The number of nitrogens with zero attached hydrogens (tertiary/aromatic N) is 2. The van der Waals surface area contributed by atoms with Crippen molar-refractivity contribution in [2.45, 2.75) is 37.8 Å². The summed E-state index contributed by atoms with van der Waals surface area (Å²) >= 11 is 5.97. The van der Waals surface area contributed by atoms with Crippen molar-refractivity contribution in [2.75, 3.05) is 0 Å². The van der Waals surface area contributed by atoms with Crippen LogP contribution in [0.4, 0.5) is 4.39 Å². The highest BCUT2D eigenvalue weighted by molar-refractivity contribution is 6.30. The van der Waals surface area contributed by atoms with Crippen molar-refractivity contribution in [1.82, 2.24) is 15.1 Å². The van der Waals surface area contributed by atoms with Gasteiger partial charge in [0.05, 0.1) is 23.5 Å². The highest BCUT2D eigenvalue weighted by Gasteiger charge is 2.26. The van der Waals surface area contributed by atoms with Crippen molar-refractivity contribution in [3.63, 3.8) is 0 Å². The molecule has 2 N–H and O–H groups in total. The van der Waals surface area contributed by atoms with Crippen LogP contribution in [0.3, 0.4) is 0 Å². The molecule has 1 fully saturated rings. The van der Waals surface area contributed by atoms with Crippen molar-refractivity contribution in [3.05, 3.63) is 81.4 Å². The Morgan fingerprint density at radius 2 is 1.87 bits per heavy atom. The number of benzene rings is 2. The van der Waals surface area contributed by atoms with Gasteiger partial charge in [0.1, 0.15) is 11.4 Å². The molecule has 2 aromatic carbocycles. The Labute approximate surface area is 183 Å². The summed E-state index contributed by atoms with van der Waals surface area (Å²) in [7, 11) is 0. The summed E-state index contributed by atoms with van der Waals surface area (Å²) in [5.74, 6) is -1.13. The lowest BCUT2D eigenvalue weighted by Gasteiger charge is -2.28. The van der Waals surface area contributed by atoms with Crippen molar-refractivity contribution in [1.29, 1.82) is 0 Å². The van der Waals surface area contributed by atoms with E-state index in [1.165, 1.54) is 30.3 Å². The van der Waals surface area contributed by atoms with Crippen LogP contribution in [-0.2, 0) is 0 Å². The summed E-state index contributed by atoms with van der Waals surface area (Å²) in [4.78, 5) is 26.1. The second-order valence-corrected chi connectivity index (χ2v) is 8.02. The van der Waals surface area contributed by atoms with Crippen molar-refractivity contribution in [2.24, 2.45) is 0 Å². The molecular weight excluding hydrogens is 421 g/mol. The zero-order valence-electron chi connectivity index (χ0n) is 16.6. The number of nitrogens with one attached hydrogen (secondary N) is 1. The van der Waals surface area contributed by atoms with E-state index in [1.807, 2.05) is 0 Å². The number of aliphatic hydroxyl groups excluding tert-OH is 1. The van der Waals surface area contributed by atoms with Crippen molar-refractivity contribution >= 4 is 17.5 Å². The molecule has 1 aromatic heterocycles. The number of halogens is 2. The summed E-state index contributed by atoms with van der Waals surface area (Å²) in [5, 5.41) is 17.9. The summed E-state index contributed by atoms with van der Waals surface area (Å²) in [5.41, 5.74) is 0.386. The van der Waals surface area contributed by atoms with Gasteiger partial charge < -0.3 is 10.4 Å². The number of hydrogen-bond acceptors (Lipinski definition) is 4. The molecule has 0 bridgehead atoms. The number of rotatable bonds is 4. The molecule has 1 aliphatic carbocycles. The minimum absolute atomic E-state index is 0.137. The van der Waals surface area contributed by atoms with Crippen LogP contribution < -0.4 is 10.9 Å². The molecule has 0 spiro atoms. The van der Waals surface area contributed by atoms with E-state index in [0.29, 0.717) is 29.1 Å². The molecule has 0 aliphatic heterocycles. The molecule has 0 saturated heterocycles. The molecule has 1 saturated carbocycles. The van der Waals surface area contributed by atoms with E-state index in [4.69, 9.17) is 11.6 Å². The molecule has 1 aliphatic rings. The maximum atomic E-state index is 13.8. The minimum atomic E-state index is -0.675. The fraction of sp³-hybridized carbons (Fsp3) is 0.261. The first-order chi connectivity index (χ1) is 14.9. The van der Waals surface area contributed by atoms with Gasteiger partial charge in [-0.15, -0.1) is 0 Å². The monoisotopic (exact) mass is 441 g/mol. The Morgan fingerprint density at radius 3 is 2.58 bits per heavy atom. The molecule has 6 nitrogen and oxygen atoms in total. The summed E-state index contributed by atoms with van der Waals surface area (Å²) < 4.78 is 14.8. The van der Waals surface area contributed by atoms with Crippen LogP contribution in [0.25, 0.3) is 16.9 Å². The fourth-order valence-corrected chi connectivity index (χ4v) is 3.85. The van der Waals surface area contributed by atoms with Gasteiger partial charge in [-0.25, -0.2) is 4.39 Å². The number of amides is 1. The number of hydrogen-bond donors (Lipinski definition) is 2. The first-order valence-corrected chi connectivity index (χ1v) is 10.5. The molecular formula is C23H21ClFN3O3. The fourth-order valence-electron chi connectivity index (χ4n) is 3.73. The summed E-state index contributed by atoms with van der Waals surface area (Å²) in [6.07, 6.45) is 2.38. The molecule has 4 rings (SSSR count). The number of carbonyl (C=O) groups excluding carboxylic acids is 1. The molecule has 0 radical (unpaired) electrons. The van der Waals surface area contributed by atoms with Gasteiger partial charge >= 0.3 is 0 Å². The maximum absolute atomic E-state index is 13.8. The van der Waals surface area contributed by atoms with E-state index in [9.17, 15) is 19.1 Å². The lowest BCUT2D eigenvalue weighted by Crippen LogP contribution is -2.46. The Morgan fingerprint density at radius 1 is 1.13 bits per heavy atom. The van der Waals surface area contributed by atoms with Gasteiger partial charge in [0.25, 0.3) is 11.5 Å². The van der Waals surface area contributed by atoms with Gasteiger partial charge in [0, 0.05) is 10.6 Å². The van der Waals surface area contributed by atoms with Gasteiger partial charge in [-0.2, -0.15) is 9.78 Å². The minimum Gasteiger partial charge on any atom is -0.391 e. The highest BCUT2D eigenvalue weighted by Crippen LogP contribution is 2.22. The average molecular weight is 442 g/mol. The largest absolute Gasteiger partial charge is 0.391 e. The second kappa shape index (κ2) is 8.99. The first-order valence-electron chi connectivity index (χ1n) is 10.1. The Kier molecular flexibility index (Phi) is 6.15. The standard InChI is InChI=1S/C23H21ClFN3O3/c24-15-10-8-14(9-11-15)20-13-18(22(30)26-19-6-1-2-7-21(19)29)23(31)28(27-20)17-5-3-4-16(25)12-17/h3-5,8-13,19,21,29H,1-2,6-7H2,(H,26,30). The van der Waals surface area contributed by atoms with Crippen LogP contribution in [0.15, 0.2) is 59.4 Å². The third-order valence-electron chi connectivity index (χ3n) is 5.39. The molecule has 2 unspecified atom stereocenters. The van der Waals surface area contributed by atoms with Crippen LogP contribution in [0, 0.1) is 5.82 Å². The lowest BCUT2D eigenvalue weighted by atomic mass is 9.92. The number of aliphatic hydroxyl groups is 1. The van der Waals surface area contributed by atoms with Gasteiger partial charge in [0.15, 0.2) is 0 Å². The van der Waals surface area contributed by atoms with Crippen LogP contribution in [0.1, 0.15) is 36.0 Å². The normalized spacial score (nSPS) is 18.5. The molecule has 2 atom stereocenters. The van der Waals surface area contributed by atoms with E-state index >= 15 is 0 Å². The van der Waals surface area contributed by atoms with Crippen LogP contribution >= 0.6 is 11.6 Å². The van der Waals surface area contributed by atoms with Gasteiger partial charge in [-0.1, -0.05) is 42.6 Å². The third-order valence-corrected chi connectivity index (χ3v) is 5.65. The Bertz CT molecular complexity index is 1160. The maximum Gasteiger partial charge on any atom is 0.284 e. The topological polar surface area (TPSA) is 84.2 Å². The molecule has 160 valence electrons. The van der Waals surface area contributed by atoms with Gasteiger partial charge in [-0.05, 0) is 49.2 Å². The van der Waals surface area contributed by atoms with Crippen molar-refractivity contribution in [3.8, 4) is 16.9 Å². The van der Waals surface area contributed by atoms with E-state index < -0.39 is 29.4 Å². The van der Waals surface area contributed by atoms with E-state index in [2.05, 4.69) is 10.4 Å². The highest BCUT2D eigenvalue weighted by atomic mass is 35.5. The third kappa shape index (κ3) is 4.68. The number of aromatic nitrogens is 2. The van der Waals surface area contributed by atoms with Gasteiger partial charge in [-0.3, -0.25) is 9.59 Å². The second-order valence-electron chi connectivity index (χ2n) is 7.58. The summed E-state index contributed by atoms with van der Waals surface area (Å²) in [6, 6.07) is 13.2. The predicted octanol–water partition coefficient (Wildman–Crippen LogP) is 3.73. The molecule has 1 amide bonds. The summed E-state index contributed by atoms with van der Waals surface area (Å²) in [6.45, 7) is 0. The molecule has 31 heavy (non-hydrogen) atoms. The van der Waals surface area contributed by atoms with Crippen molar-refractivity contribution < 1.29 is 14.3 Å². The zero-order chi connectivity index (χ0) is 22.0. The lowest BCUT2D eigenvalue weighted by molar-refractivity contribution is 0.0716. The van der Waals surface area contributed by atoms with E-state index in [1.54, 1.807) is 24.3 Å². The molecule has 8 heteroatoms. The molecule has 3 aromatic rings. The SMILES string of the molecule is O=C(NC1CCCCC1O)c1cc(-c2ccc(Cl)cc2)nn(-c2cccc(F)c2)c1=O. The Balaban J connectivity index is 1.80. The predicted molar refractivity (Wildman–Crippen MR) is 116 cm³/mol. The number of carbonyl (C=O) groups is 1. The van der Waals surface area contributed by atoms with E-state index in [-0.39, 0.29) is 11.3 Å². The quantitative estimate of drug-likeness (QED) is 0.646. The van der Waals surface area contributed by atoms with Crippen LogP contribution in [0.2, 0.25) is 5.02 Å². The molecule has 1 heterocycles. The van der Waals surface area contributed by atoms with Gasteiger partial charge in [0.2, 0.25) is 0 Å². The Hall–Kier alpha value is -3.03. The van der Waals surface area contributed by atoms with Crippen LogP contribution in [0.5, 0.6) is 0 Å². The van der Waals surface area contributed by atoms with E-state index in [0.717, 1.165) is 17.5 Å².